The van der Waals surface area contributed by atoms with Crippen LogP contribution in [0.3, 0.4) is 0 Å². The van der Waals surface area contributed by atoms with Crippen molar-refractivity contribution in [3.8, 4) is 5.75 Å². The van der Waals surface area contributed by atoms with Gasteiger partial charge in [-0.25, -0.2) is 5.43 Å². The molecule has 0 saturated heterocycles. The van der Waals surface area contributed by atoms with E-state index in [-0.39, 0.29) is 12.3 Å². The van der Waals surface area contributed by atoms with Crippen molar-refractivity contribution in [1.82, 2.24) is 5.43 Å². The maximum Gasteiger partial charge on any atom is 0.244 e. The summed E-state index contributed by atoms with van der Waals surface area (Å²) in [5.74, 6) is 0.411. The Hall–Kier alpha value is -2.82. The number of carbonyl (C=O) groups is 1. The second-order valence-corrected chi connectivity index (χ2v) is 7.87. The molecular weight excluding hydrogens is 419 g/mol. The van der Waals surface area contributed by atoms with Crippen molar-refractivity contribution in [1.29, 1.82) is 0 Å². The van der Waals surface area contributed by atoms with Crippen LogP contribution < -0.4 is 10.2 Å². The Bertz CT molecular complexity index is 1080. The molecule has 0 fully saturated rings. The number of ether oxygens (including phenoxy) is 1. The summed E-state index contributed by atoms with van der Waals surface area (Å²) in [6, 6.07) is 18.7. The van der Waals surface area contributed by atoms with Gasteiger partial charge in [0, 0.05) is 15.6 Å². The summed E-state index contributed by atoms with van der Waals surface area (Å²) in [6.07, 6.45) is 1.79. The lowest BCUT2D eigenvalue weighted by atomic mass is 10.0. The molecule has 3 rings (SSSR count). The normalized spacial score (nSPS) is 10.9. The number of halogens is 2. The standard InChI is InChI=1S/C24H22Cl2N2O2/c1-16-6-7-19(17(2)10-16)13-24(29)28-27-14-20-12-22(26)8-9-23(20)30-15-18-4-3-5-21(25)11-18/h3-12,14H,13,15H2,1-2H3,(H,28,29)/b27-14+. The molecule has 154 valence electrons. The topological polar surface area (TPSA) is 50.7 Å². The minimum Gasteiger partial charge on any atom is -0.488 e. The summed E-state index contributed by atoms with van der Waals surface area (Å²) in [4.78, 5) is 12.2. The zero-order valence-electron chi connectivity index (χ0n) is 16.8. The van der Waals surface area contributed by atoms with Crippen LogP contribution in [0.25, 0.3) is 0 Å². The molecule has 0 saturated carbocycles. The number of nitrogens with one attached hydrogen (secondary N) is 1. The van der Waals surface area contributed by atoms with Gasteiger partial charge in [-0.05, 0) is 60.9 Å². The molecule has 0 aromatic heterocycles. The van der Waals surface area contributed by atoms with Crippen molar-refractivity contribution in [2.75, 3.05) is 0 Å². The fraction of sp³-hybridized carbons (Fsp3) is 0.167. The first-order valence-electron chi connectivity index (χ1n) is 9.45. The highest BCUT2D eigenvalue weighted by molar-refractivity contribution is 6.31. The van der Waals surface area contributed by atoms with Gasteiger partial charge in [-0.3, -0.25) is 4.79 Å². The molecule has 1 amide bonds. The summed E-state index contributed by atoms with van der Waals surface area (Å²) in [5.41, 5.74) is 7.40. The molecule has 0 spiro atoms. The molecule has 6 heteroatoms. The SMILES string of the molecule is Cc1ccc(CC(=O)N/N=C/c2cc(Cl)ccc2OCc2cccc(Cl)c2)c(C)c1. The van der Waals surface area contributed by atoms with Crippen LogP contribution in [-0.4, -0.2) is 12.1 Å². The lowest BCUT2D eigenvalue weighted by molar-refractivity contribution is -0.120. The molecule has 0 radical (unpaired) electrons. The summed E-state index contributed by atoms with van der Waals surface area (Å²) < 4.78 is 5.89. The zero-order chi connectivity index (χ0) is 21.5. The van der Waals surface area contributed by atoms with Crippen molar-refractivity contribution in [2.24, 2.45) is 5.10 Å². The van der Waals surface area contributed by atoms with E-state index in [4.69, 9.17) is 27.9 Å². The molecule has 0 atom stereocenters. The van der Waals surface area contributed by atoms with Gasteiger partial charge in [-0.15, -0.1) is 0 Å². The van der Waals surface area contributed by atoms with Crippen LogP contribution in [0.4, 0.5) is 0 Å². The minimum absolute atomic E-state index is 0.193. The molecule has 0 aliphatic heterocycles. The van der Waals surface area contributed by atoms with Crippen molar-refractivity contribution in [3.63, 3.8) is 0 Å². The molecule has 0 aliphatic rings. The van der Waals surface area contributed by atoms with E-state index in [2.05, 4.69) is 16.6 Å². The highest BCUT2D eigenvalue weighted by Crippen LogP contribution is 2.23. The van der Waals surface area contributed by atoms with E-state index in [9.17, 15) is 4.79 Å². The maximum atomic E-state index is 12.2. The Kier molecular flexibility index (Phi) is 7.50. The summed E-state index contributed by atoms with van der Waals surface area (Å²) in [6.45, 7) is 4.37. The number of hydrogen-bond donors (Lipinski definition) is 1. The third kappa shape index (κ3) is 6.34. The molecule has 4 nitrogen and oxygen atoms in total. The second-order valence-electron chi connectivity index (χ2n) is 7.00. The summed E-state index contributed by atoms with van der Waals surface area (Å²) in [5, 5.41) is 5.27. The fourth-order valence-electron chi connectivity index (χ4n) is 2.97. The van der Waals surface area contributed by atoms with E-state index in [1.807, 2.05) is 50.2 Å². The van der Waals surface area contributed by atoms with Gasteiger partial charge in [0.05, 0.1) is 12.6 Å². The Labute approximate surface area is 186 Å². The molecule has 1 N–H and O–H groups in total. The fourth-order valence-corrected chi connectivity index (χ4v) is 3.36. The lowest BCUT2D eigenvalue weighted by Crippen LogP contribution is -2.20. The van der Waals surface area contributed by atoms with Crippen LogP contribution in [0.5, 0.6) is 5.75 Å². The van der Waals surface area contributed by atoms with Gasteiger partial charge in [0.25, 0.3) is 0 Å². The van der Waals surface area contributed by atoms with E-state index in [1.54, 1.807) is 18.2 Å². The Morgan fingerprint density at radius 1 is 1.03 bits per heavy atom. The third-order valence-corrected chi connectivity index (χ3v) is 4.97. The largest absolute Gasteiger partial charge is 0.488 e. The van der Waals surface area contributed by atoms with Crippen molar-refractivity contribution in [2.45, 2.75) is 26.9 Å². The first-order chi connectivity index (χ1) is 14.4. The number of hydrogen-bond acceptors (Lipinski definition) is 3. The first-order valence-corrected chi connectivity index (χ1v) is 10.2. The minimum atomic E-state index is -0.193. The van der Waals surface area contributed by atoms with Crippen molar-refractivity contribution in [3.05, 3.63) is 98.5 Å². The van der Waals surface area contributed by atoms with Crippen LogP contribution in [0.15, 0.2) is 65.8 Å². The van der Waals surface area contributed by atoms with Crippen molar-refractivity contribution >= 4 is 35.3 Å². The van der Waals surface area contributed by atoms with E-state index < -0.39 is 0 Å². The molecule has 0 heterocycles. The number of benzene rings is 3. The summed E-state index contributed by atoms with van der Waals surface area (Å²) in [7, 11) is 0. The number of hydrazone groups is 1. The number of aryl methyl sites for hydroxylation is 2. The van der Waals surface area contributed by atoms with Gasteiger partial charge in [-0.2, -0.15) is 5.10 Å². The van der Waals surface area contributed by atoms with Gasteiger partial charge in [0.2, 0.25) is 5.91 Å². The number of carbonyl (C=O) groups excluding carboxylic acids is 1. The third-order valence-electron chi connectivity index (χ3n) is 4.50. The second kappa shape index (κ2) is 10.3. The van der Waals surface area contributed by atoms with Gasteiger partial charge < -0.3 is 4.74 Å². The van der Waals surface area contributed by atoms with Crippen LogP contribution >= 0.6 is 23.2 Å². The van der Waals surface area contributed by atoms with Crippen LogP contribution in [0.1, 0.15) is 27.8 Å². The number of nitrogens with zero attached hydrogens (tertiary/aromatic N) is 1. The number of rotatable bonds is 7. The predicted molar refractivity (Wildman–Crippen MR) is 123 cm³/mol. The average molecular weight is 441 g/mol. The van der Waals surface area contributed by atoms with Gasteiger partial charge >= 0.3 is 0 Å². The molecule has 0 bridgehead atoms. The quantitative estimate of drug-likeness (QED) is 0.368. The van der Waals surface area contributed by atoms with Crippen molar-refractivity contribution < 1.29 is 9.53 Å². The van der Waals surface area contributed by atoms with Crippen LogP contribution in [-0.2, 0) is 17.8 Å². The van der Waals surface area contributed by atoms with Gasteiger partial charge in [-0.1, -0.05) is 59.1 Å². The molecular formula is C24H22Cl2N2O2. The van der Waals surface area contributed by atoms with Gasteiger partial charge in [0.1, 0.15) is 12.4 Å². The first kappa shape index (κ1) is 21.9. The zero-order valence-corrected chi connectivity index (χ0v) is 18.3. The van der Waals surface area contributed by atoms with E-state index >= 15 is 0 Å². The molecule has 3 aromatic carbocycles. The average Bonchev–Trinajstić information content (AvgIpc) is 2.69. The highest BCUT2D eigenvalue weighted by Gasteiger charge is 2.07. The predicted octanol–water partition coefficient (Wildman–Crippen LogP) is 5.88. The molecule has 0 aliphatic carbocycles. The smallest absolute Gasteiger partial charge is 0.244 e. The van der Waals surface area contributed by atoms with E-state index in [0.717, 1.165) is 16.7 Å². The van der Waals surface area contributed by atoms with Crippen LogP contribution in [0.2, 0.25) is 10.0 Å². The maximum absolute atomic E-state index is 12.2. The van der Waals surface area contributed by atoms with Gasteiger partial charge in [0.15, 0.2) is 0 Å². The Morgan fingerprint density at radius 2 is 1.83 bits per heavy atom. The van der Waals surface area contributed by atoms with E-state index in [1.165, 1.54) is 11.8 Å². The van der Waals surface area contributed by atoms with Crippen LogP contribution in [0, 0.1) is 13.8 Å². The number of amides is 1. The summed E-state index contributed by atoms with van der Waals surface area (Å²) >= 11 is 12.1. The molecule has 30 heavy (non-hydrogen) atoms. The monoisotopic (exact) mass is 440 g/mol. The molecule has 0 unspecified atom stereocenters. The lowest BCUT2D eigenvalue weighted by Gasteiger charge is -2.10. The Morgan fingerprint density at radius 3 is 2.60 bits per heavy atom. The molecule has 3 aromatic rings. The van der Waals surface area contributed by atoms with E-state index in [0.29, 0.717) is 28.0 Å². The Balaban J connectivity index is 1.64. The highest BCUT2D eigenvalue weighted by atomic mass is 35.5.